The van der Waals surface area contributed by atoms with Gasteiger partial charge in [0.05, 0.1) is 40.3 Å². The van der Waals surface area contributed by atoms with E-state index in [9.17, 15) is 19.5 Å². The summed E-state index contributed by atoms with van der Waals surface area (Å²) in [6, 6.07) is 0. The van der Waals surface area contributed by atoms with Crippen LogP contribution in [0.4, 0.5) is 0 Å². The minimum atomic E-state index is -1.64. The van der Waals surface area contributed by atoms with Crippen LogP contribution in [0.5, 0.6) is 0 Å². The van der Waals surface area contributed by atoms with Crippen LogP contribution in [-0.2, 0) is 33.3 Å². The number of unbranched alkanes of at least 4 members (excludes halogenated alkanes) is 10. The lowest BCUT2D eigenvalue weighted by molar-refractivity contribution is -0.870. The summed E-state index contributed by atoms with van der Waals surface area (Å²) in [4.78, 5) is 36.8. The highest BCUT2D eigenvalue weighted by Gasteiger charge is 2.21. The molecule has 0 aliphatic heterocycles. The molecule has 9 nitrogen and oxygen atoms in total. The summed E-state index contributed by atoms with van der Waals surface area (Å²) < 4.78 is 22.4. The van der Waals surface area contributed by atoms with E-state index < -0.39 is 24.3 Å². The molecule has 314 valence electrons. The van der Waals surface area contributed by atoms with Crippen molar-refractivity contribution in [3.63, 3.8) is 0 Å². The van der Waals surface area contributed by atoms with Crippen molar-refractivity contribution in [1.29, 1.82) is 0 Å². The molecule has 0 heterocycles. The van der Waals surface area contributed by atoms with Gasteiger partial charge in [0.1, 0.15) is 13.2 Å². The predicted octanol–water partition coefficient (Wildman–Crippen LogP) is 9.44. The van der Waals surface area contributed by atoms with Crippen molar-refractivity contribution in [3.05, 3.63) is 72.9 Å². The van der Waals surface area contributed by atoms with Crippen molar-refractivity contribution >= 4 is 17.9 Å². The molecule has 0 saturated heterocycles. The van der Waals surface area contributed by atoms with Crippen LogP contribution >= 0.6 is 0 Å². The summed E-state index contributed by atoms with van der Waals surface area (Å²) in [6.45, 7) is 4.50. The number of nitrogens with zero attached hydrogens (tertiary/aromatic N) is 1. The van der Waals surface area contributed by atoms with Gasteiger partial charge in [0.15, 0.2) is 12.4 Å². The standard InChI is InChI=1S/C46H77NO8/c1-6-8-10-12-14-16-18-19-20-21-22-23-24-25-27-29-31-33-35-37-44(49)55-42(41-54-46(45(50)51)52-39-38-47(3,4)5)40-53-43(48)36-34-32-30-28-26-17-15-13-11-9-7-2/h8,10,14,16,19-20,22-23,25,27,31,33,42,46H,6-7,9,11-13,15,17-18,21,24,26,28-30,32,34-41H2,1-5H3/b10-8-,16-14-,20-19-,23-22-,27-25-,33-31-. The van der Waals surface area contributed by atoms with Gasteiger partial charge in [-0.1, -0.05) is 151 Å². The molecular formula is C46H77NO8. The molecule has 0 aliphatic carbocycles. The van der Waals surface area contributed by atoms with Crippen molar-refractivity contribution in [2.75, 3.05) is 47.5 Å². The Bertz CT molecular complexity index is 1130. The lowest BCUT2D eigenvalue weighted by Crippen LogP contribution is -2.44. The van der Waals surface area contributed by atoms with E-state index in [0.717, 1.165) is 57.8 Å². The van der Waals surface area contributed by atoms with E-state index in [1.165, 1.54) is 51.4 Å². The molecule has 0 aromatic rings. The second kappa shape index (κ2) is 37.6. The minimum absolute atomic E-state index is 0.120. The van der Waals surface area contributed by atoms with Gasteiger partial charge in [0, 0.05) is 12.8 Å². The first-order valence-electron chi connectivity index (χ1n) is 21.1. The highest BCUT2D eigenvalue weighted by Crippen LogP contribution is 2.13. The summed E-state index contributed by atoms with van der Waals surface area (Å²) >= 11 is 0. The Morgan fingerprint density at radius 3 is 1.51 bits per heavy atom. The van der Waals surface area contributed by atoms with Gasteiger partial charge in [-0.05, 0) is 51.4 Å². The minimum Gasteiger partial charge on any atom is -0.545 e. The number of ether oxygens (including phenoxy) is 4. The molecule has 0 fully saturated rings. The zero-order chi connectivity index (χ0) is 40.7. The van der Waals surface area contributed by atoms with Crippen molar-refractivity contribution in [2.24, 2.45) is 0 Å². The number of aliphatic carboxylic acids is 1. The van der Waals surface area contributed by atoms with Crippen molar-refractivity contribution in [3.8, 4) is 0 Å². The highest BCUT2D eigenvalue weighted by atomic mass is 16.7. The Balaban J connectivity index is 4.62. The molecule has 0 N–H and O–H groups in total. The molecule has 0 aromatic carbocycles. The summed E-state index contributed by atoms with van der Waals surface area (Å²) in [5.74, 6) is -2.41. The molecule has 0 rings (SSSR count). The van der Waals surface area contributed by atoms with E-state index in [0.29, 0.717) is 17.4 Å². The molecule has 0 spiro atoms. The third-order valence-corrected chi connectivity index (χ3v) is 8.48. The van der Waals surface area contributed by atoms with Crippen molar-refractivity contribution in [2.45, 2.75) is 155 Å². The Kier molecular flexibility index (Phi) is 35.4. The van der Waals surface area contributed by atoms with E-state index in [1.807, 2.05) is 33.3 Å². The lowest BCUT2D eigenvalue weighted by atomic mass is 10.1. The summed E-state index contributed by atoms with van der Waals surface area (Å²) in [5.41, 5.74) is 0. The van der Waals surface area contributed by atoms with Crippen LogP contribution in [0.25, 0.3) is 0 Å². The average Bonchev–Trinajstić information content (AvgIpc) is 3.14. The Hall–Kier alpha value is -3.27. The topological polar surface area (TPSA) is 111 Å². The number of carboxylic acids is 1. The van der Waals surface area contributed by atoms with Gasteiger partial charge in [-0.15, -0.1) is 0 Å². The summed E-state index contributed by atoms with van der Waals surface area (Å²) in [5, 5.41) is 11.7. The molecule has 55 heavy (non-hydrogen) atoms. The molecule has 0 aliphatic rings. The van der Waals surface area contributed by atoms with E-state index >= 15 is 0 Å². The first-order chi connectivity index (χ1) is 26.6. The van der Waals surface area contributed by atoms with Crippen LogP contribution < -0.4 is 5.11 Å². The number of quaternary nitrogens is 1. The van der Waals surface area contributed by atoms with Gasteiger partial charge in [-0.2, -0.15) is 0 Å². The fraction of sp³-hybridized carbons (Fsp3) is 0.674. The van der Waals surface area contributed by atoms with Gasteiger partial charge in [-0.3, -0.25) is 9.59 Å². The molecule has 9 heteroatoms. The fourth-order valence-electron chi connectivity index (χ4n) is 5.21. The molecular weight excluding hydrogens is 695 g/mol. The SMILES string of the molecule is CC/C=C\C/C=C\C/C=C\C/C=C\C/C=C\C/C=C\CCC(=O)OC(COC(=O)CCCCCCCCCCCCC)COC(OCC[N+](C)(C)C)C(=O)[O-]. The van der Waals surface area contributed by atoms with Gasteiger partial charge in [0.2, 0.25) is 0 Å². The Morgan fingerprint density at radius 1 is 0.564 bits per heavy atom. The smallest absolute Gasteiger partial charge is 0.306 e. The molecule has 0 amide bonds. The van der Waals surface area contributed by atoms with Crippen LogP contribution in [0.3, 0.4) is 0 Å². The van der Waals surface area contributed by atoms with E-state index in [2.05, 4.69) is 74.6 Å². The fourth-order valence-corrected chi connectivity index (χ4v) is 5.21. The summed E-state index contributed by atoms with van der Waals surface area (Å²) in [6.07, 6.45) is 42.4. The predicted molar refractivity (Wildman–Crippen MR) is 223 cm³/mol. The zero-order valence-electron chi connectivity index (χ0n) is 35.3. The number of likely N-dealkylation sites (N-methyl/N-ethyl adjacent to an activating group) is 1. The molecule has 2 unspecified atom stereocenters. The van der Waals surface area contributed by atoms with E-state index in [-0.39, 0.29) is 38.6 Å². The van der Waals surface area contributed by atoms with E-state index in [4.69, 9.17) is 18.9 Å². The molecule has 0 aromatic heterocycles. The summed E-state index contributed by atoms with van der Waals surface area (Å²) in [7, 11) is 5.87. The van der Waals surface area contributed by atoms with Gasteiger partial charge in [0.25, 0.3) is 0 Å². The largest absolute Gasteiger partial charge is 0.545 e. The Labute approximate surface area is 335 Å². The first-order valence-corrected chi connectivity index (χ1v) is 21.1. The van der Waals surface area contributed by atoms with Crippen LogP contribution in [0.15, 0.2) is 72.9 Å². The van der Waals surface area contributed by atoms with Crippen molar-refractivity contribution < 1.29 is 42.9 Å². The molecule has 0 bridgehead atoms. The quantitative estimate of drug-likeness (QED) is 0.0202. The number of carbonyl (C=O) groups excluding carboxylic acids is 3. The van der Waals surface area contributed by atoms with Crippen molar-refractivity contribution in [1.82, 2.24) is 0 Å². The van der Waals surface area contributed by atoms with E-state index in [1.54, 1.807) is 0 Å². The molecule has 0 saturated carbocycles. The lowest BCUT2D eigenvalue weighted by Gasteiger charge is -2.26. The number of esters is 2. The number of carboxylic acid groups (broad SMARTS) is 1. The monoisotopic (exact) mass is 772 g/mol. The maximum Gasteiger partial charge on any atom is 0.306 e. The van der Waals surface area contributed by atoms with Crippen LogP contribution in [0.1, 0.15) is 142 Å². The number of allylic oxidation sites excluding steroid dienone is 12. The van der Waals surface area contributed by atoms with Gasteiger partial charge < -0.3 is 33.3 Å². The van der Waals surface area contributed by atoms with Crippen LogP contribution in [-0.4, -0.2) is 82.3 Å². The second-order valence-corrected chi connectivity index (χ2v) is 14.9. The number of rotatable bonds is 37. The molecule has 2 atom stereocenters. The maximum atomic E-state index is 12.7. The number of carbonyl (C=O) groups is 3. The zero-order valence-corrected chi connectivity index (χ0v) is 35.3. The van der Waals surface area contributed by atoms with Crippen LogP contribution in [0, 0.1) is 0 Å². The second-order valence-electron chi connectivity index (χ2n) is 14.9. The number of hydrogen-bond acceptors (Lipinski definition) is 8. The number of hydrogen-bond donors (Lipinski definition) is 0. The normalized spacial score (nSPS) is 13.7. The highest BCUT2D eigenvalue weighted by molar-refractivity contribution is 5.70. The third kappa shape index (κ3) is 38.8. The first kappa shape index (κ1) is 51.7. The van der Waals surface area contributed by atoms with Gasteiger partial charge in [-0.25, -0.2) is 0 Å². The third-order valence-electron chi connectivity index (χ3n) is 8.48. The average molecular weight is 772 g/mol. The Morgan fingerprint density at radius 2 is 1.04 bits per heavy atom. The maximum absolute atomic E-state index is 12.7. The molecule has 0 radical (unpaired) electrons. The van der Waals surface area contributed by atoms with Gasteiger partial charge >= 0.3 is 11.9 Å². The van der Waals surface area contributed by atoms with Crippen LogP contribution in [0.2, 0.25) is 0 Å².